The molecule has 0 aliphatic heterocycles. The van der Waals surface area contributed by atoms with Gasteiger partial charge in [0.25, 0.3) is 0 Å². The predicted molar refractivity (Wildman–Crippen MR) is 81.3 cm³/mol. The van der Waals surface area contributed by atoms with E-state index in [4.69, 9.17) is 27.4 Å². The lowest BCUT2D eigenvalue weighted by Gasteiger charge is -2.08. The van der Waals surface area contributed by atoms with E-state index in [1.807, 2.05) is 25.1 Å². The minimum Gasteiger partial charge on any atom is -0.497 e. The molecule has 1 aromatic carbocycles. The van der Waals surface area contributed by atoms with Crippen LogP contribution in [0.1, 0.15) is 10.6 Å². The zero-order valence-corrected chi connectivity index (χ0v) is 12.5. The minimum atomic E-state index is 0.364. The van der Waals surface area contributed by atoms with Crippen LogP contribution in [0, 0.1) is 6.92 Å². The number of ether oxygens (including phenoxy) is 2. The Hall–Kier alpha value is -1.66. The number of rotatable bonds is 4. The van der Waals surface area contributed by atoms with Crippen molar-refractivity contribution in [2.45, 2.75) is 6.92 Å². The number of methoxy groups -OCH3 is 2. The number of aromatic nitrogens is 1. The summed E-state index contributed by atoms with van der Waals surface area (Å²) in [5, 5.41) is 0.816. The summed E-state index contributed by atoms with van der Waals surface area (Å²) in [5.74, 6) is 1.49. The summed E-state index contributed by atoms with van der Waals surface area (Å²) in [4.78, 5) is 5.69. The lowest BCUT2D eigenvalue weighted by molar-refractivity contribution is 0.404. The van der Waals surface area contributed by atoms with E-state index in [0.717, 1.165) is 32.6 Å². The van der Waals surface area contributed by atoms with Gasteiger partial charge in [0.1, 0.15) is 21.5 Å². The molecule has 0 aliphatic carbocycles. The van der Waals surface area contributed by atoms with E-state index in [-0.39, 0.29) is 0 Å². The Bertz CT molecular complexity index is 623. The second-order valence-corrected chi connectivity index (χ2v) is 5.30. The van der Waals surface area contributed by atoms with Crippen LogP contribution < -0.4 is 15.2 Å². The standard InChI is InChI=1S/C13H14N2O2S2/c1-7-11(12(14)18)19-13(15-7)9-6-8(16-2)4-5-10(9)17-3/h4-6H,1-3H3,(H2,14,18). The highest BCUT2D eigenvalue weighted by Gasteiger charge is 2.15. The molecule has 0 saturated carbocycles. The van der Waals surface area contributed by atoms with Gasteiger partial charge in [0.05, 0.1) is 30.4 Å². The van der Waals surface area contributed by atoms with Crippen LogP contribution >= 0.6 is 23.6 Å². The van der Waals surface area contributed by atoms with Crippen molar-refractivity contribution in [2.24, 2.45) is 5.73 Å². The van der Waals surface area contributed by atoms with Crippen molar-refractivity contribution in [1.82, 2.24) is 4.98 Å². The van der Waals surface area contributed by atoms with E-state index in [0.29, 0.717) is 4.99 Å². The van der Waals surface area contributed by atoms with E-state index in [9.17, 15) is 0 Å². The maximum Gasteiger partial charge on any atom is 0.129 e. The van der Waals surface area contributed by atoms with Crippen LogP contribution in [0.5, 0.6) is 11.5 Å². The van der Waals surface area contributed by atoms with Crippen molar-refractivity contribution < 1.29 is 9.47 Å². The van der Waals surface area contributed by atoms with Gasteiger partial charge in [0, 0.05) is 0 Å². The Morgan fingerprint density at radius 3 is 2.58 bits per heavy atom. The van der Waals surface area contributed by atoms with Gasteiger partial charge in [-0.05, 0) is 25.1 Å². The van der Waals surface area contributed by atoms with Crippen molar-refractivity contribution in [3.8, 4) is 22.1 Å². The first-order valence-electron chi connectivity index (χ1n) is 5.56. The first kappa shape index (κ1) is 13.8. The second-order valence-electron chi connectivity index (χ2n) is 3.86. The van der Waals surface area contributed by atoms with Gasteiger partial charge in [0.15, 0.2) is 0 Å². The van der Waals surface area contributed by atoms with Gasteiger partial charge in [-0.15, -0.1) is 11.3 Å². The van der Waals surface area contributed by atoms with Crippen LogP contribution in [0.4, 0.5) is 0 Å². The number of hydrogen-bond acceptors (Lipinski definition) is 5. The maximum atomic E-state index is 5.68. The van der Waals surface area contributed by atoms with Crippen LogP contribution in [-0.4, -0.2) is 24.2 Å². The number of thiazole rings is 1. The fourth-order valence-electron chi connectivity index (χ4n) is 1.72. The molecule has 4 nitrogen and oxygen atoms in total. The van der Waals surface area contributed by atoms with Crippen molar-refractivity contribution >= 4 is 28.5 Å². The predicted octanol–water partition coefficient (Wildman–Crippen LogP) is 2.77. The summed E-state index contributed by atoms with van der Waals surface area (Å²) in [6.45, 7) is 1.89. The largest absolute Gasteiger partial charge is 0.497 e. The highest BCUT2D eigenvalue weighted by atomic mass is 32.1. The molecule has 1 heterocycles. The highest BCUT2D eigenvalue weighted by molar-refractivity contribution is 7.81. The topological polar surface area (TPSA) is 57.4 Å². The van der Waals surface area contributed by atoms with Gasteiger partial charge in [-0.2, -0.15) is 0 Å². The minimum absolute atomic E-state index is 0.364. The van der Waals surface area contributed by atoms with Gasteiger partial charge >= 0.3 is 0 Å². The van der Waals surface area contributed by atoms with Gasteiger partial charge in [-0.25, -0.2) is 4.98 Å². The normalized spacial score (nSPS) is 10.3. The fourth-order valence-corrected chi connectivity index (χ4v) is 2.93. The van der Waals surface area contributed by atoms with Gasteiger partial charge in [-0.1, -0.05) is 12.2 Å². The van der Waals surface area contributed by atoms with Crippen LogP contribution in [0.25, 0.3) is 10.6 Å². The molecular weight excluding hydrogens is 280 g/mol. The summed E-state index contributed by atoms with van der Waals surface area (Å²) >= 11 is 6.47. The number of thiocarbonyl (C=S) groups is 1. The fraction of sp³-hybridized carbons (Fsp3) is 0.231. The SMILES string of the molecule is COc1ccc(OC)c(-c2nc(C)c(C(N)=S)s2)c1. The van der Waals surface area contributed by atoms with E-state index in [1.54, 1.807) is 14.2 Å². The molecular formula is C13H14N2O2S2. The Kier molecular flexibility index (Phi) is 4.01. The summed E-state index contributed by atoms with van der Waals surface area (Å²) in [5.41, 5.74) is 7.38. The van der Waals surface area contributed by atoms with Crippen LogP contribution in [0.2, 0.25) is 0 Å². The Balaban J connectivity index is 2.57. The van der Waals surface area contributed by atoms with E-state index in [1.165, 1.54) is 11.3 Å². The van der Waals surface area contributed by atoms with Gasteiger partial charge < -0.3 is 15.2 Å². The lowest BCUT2D eigenvalue weighted by atomic mass is 10.2. The molecule has 2 rings (SSSR count). The molecule has 1 aromatic heterocycles. The van der Waals surface area contributed by atoms with Crippen molar-refractivity contribution in [1.29, 1.82) is 0 Å². The third-order valence-corrected chi connectivity index (χ3v) is 4.21. The number of aryl methyl sites for hydroxylation is 1. The first-order valence-corrected chi connectivity index (χ1v) is 6.79. The molecule has 0 saturated heterocycles. The quantitative estimate of drug-likeness (QED) is 0.879. The van der Waals surface area contributed by atoms with Crippen LogP contribution in [0.3, 0.4) is 0 Å². The molecule has 0 radical (unpaired) electrons. The van der Waals surface area contributed by atoms with Crippen molar-refractivity contribution in [3.05, 3.63) is 28.8 Å². The van der Waals surface area contributed by atoms with Gasteiger partial charge in [0.2, 0.25) is 0 Å². The smallest absolute Gasteiger partial charge is 0.129 e. The summed E-state index contributed by atoms with van der Waals surface area (Å²) in [7, 11) is 3.25. The Labute approximate surface area is 121 Å². The molecule has 2 aromatic rings. The monoisotopic (exact) mass is 294 g/mol. The molecule has 0 bridgehead atoms. The summed E-state index contributed by atoms with van der Waals surface area (Å²) < 4.78 is 10.6. The van der Waals surface area contributed by atoms with Crippen molar-refractivity contribution in [2.75, 3.05) is 14.2 Å². The van der Waals surface area contributed by atoms with Crippen molar-refractivity contribution in [3.63, 3.8) is 0 Å². The van der Waals surface area contributed by atoms with E-state index >= 15 is 0 Å². The summed E-state index contributed by atoms with van der Waals surface area (Å²) in [6.07, 6.45) is 0. The second kappa shape index (κ2) is 5.54. The summed E-state index contributed by atoms with van der Waals surface area (Å²) in [6, 6.07) is 5.59. The average molecular weight is 294 g/mol. The van der Waals surface area contributed by atoms with Crippen LogP contribution in [-0.2, 0) is 0 Å². The molecule has 0 aliphatic rings. The maximum absolute atomic E-state index is 5.68. The van der Waals surface area contributed by atoms with E-state index in [2.05, 4.69) is 4.98 Å². The van der Waals surface area contributed by atoms with E-state index < -0.39 is 0 Å². The third kappa shape index (κ3) is 2.69. The Morgan fingerprint density at radius 1 is 1.32 bits per heavy atom. The Morgan fingerprint density at radius 2 is 2.05 bits per heavy atom. The van der Waals surface area contributed by atoms with Gasteiger partial charge in [-0.3, -0.25) is 0 Å². The molecule has 0 fully saturated rings. The molecule has 6 heteroatoms. The van der Waals surface area contributed by atoms with Crippen LogP contribution in [0.15, 0.2) is 18.2 Å². The molecule has 0 unspecified atom stereocenters. The average Bonchev–Trinajstić information content (AvgIpc) is 2.80. The number of hydrogen-bond donors (Lipinski definition) is 1. The lowest BCUT2D eigenvalue weighted by Crippen LogP contribution is -2.08. The zero-order chi connectivity index (χ0) is 14.0. The molecule has 0 spiro atoms. The molecule has 2 N–H and O–H groups in total. The third-order valence-electron chi connectivity index (χ3n) is 2.66. The molecule has 19 heavy (non-hydrogen) atoms. The molecule has 0 amide bonds. The highest BCUT2D eigenvalue weighted by Crippen LogP contribution is 2.36. The number of nitrogens with zero attached hydrogens (tertiary/aromatic N) is 1. The first-order chi connectivity index (χ1) is 9.06. The zero-order valence-electron chi connectivity index (χ0n) is 10.9. The molecule has 100 valence electrons. The molecule has 0 atom stereocenters. The number of benzene rings is 1. The number of nitrogens with two attached hydrogens (primary N) is 1.